The minimum atomic E-state index is -0.260. The van der Waals surface area contributed by atoms with Crippen LogP contribution in [0.1, 0.15) is 29.4 Å². The fourth-order valence-electron chi connectivity index (χ4n) is 1.82. The Kier molecular flexibility index (Phi) is 4.12. The number of benzene rings is 1. The van der Waals surface area contributed by atoms with E-state index in [1.165, 1.54) is 0 Å². The minimum Gasteiger partial charge on any atom is -0.379 e. The molecular weight excluding hydrogens is 244 g/mol. The number of carbonyl (C=O) groups excluding carboxylic acids is 1. The molecule has 100 valence electrons. The number of hydrogen-bond donors (Lipinski definition) is 1. The molecule has 2 aromatic rings. The summed E-state index contributed by atoms with van der Waals surface area (Å²) in [5, 5.41) is 6.99. The minimum absolute atomic E-state index is 0.0270. The first-order valence-electron chi connectivity index (χ1n) is 6.13. The normalized spacial score (nSPS) is 10.4. The molecule has 0 aliphatic heterocycles. The van der Waals surface area contributed by atoms with Crippen molar-refractivity contribution in [1.82, 2.24) is 15.2 Å². The lowest BCUT2D eigenvalue weighted by Crippen LogP contribution is -2.32. The highest BCUT2D eigenvalue weighted by atomic mass is 16.6. The molecule has 0 radical (unpaired) electrons. The van der Waals surface area contributed by atoms with Crippen molar-refractivity contribution in [3.05, 3.63) is 41.6 Å². The predicted octanol–water partition coefficient (Wildman–Crippen LogP) is 1.70. The Balaban J connectivity index is 2.16. The van der Waals surface area contributed by atoms with E-state index in [2.05, 4.69) is 14.9 Å². The number of hydrogen-bond acceptors (Lipinski definition) is 5. The number of anilines is 1. The van der Waals surface area contributed by atoms with E-state index in [0.717, 1.165) is 12.0 Å². The van der Waals surface area contributed by atoms with E-state index in [-0.39, 0.29) is 17.4 Å². The molecular formula is C13H16N4O2. The van der Waals surface area contributed by atoms with Gasteiger partial charge in [-0.3, -0.25) is 4.79 Å². The fourth-order valence-corrected chi connectivity index (χ4v) is 1.82. The van der Waals surface area contributed by atoms with E-state index in [9.17, 15) is 4.79 Å². The van der Waals surface area contributed by atoms with Crippen LogP contribution in [0.15, 0.2) is 35.0 Å². The first kappa shape index (κ1) is 13.1. The molecule has 1 aromatic carbocycles. The molecule has 1 aromatic heterocycles. The molecule has 0 saturated heterocycles. The number of amides is 1. The number of aromatic nitrogens is 2. The second-order valence-electron chi connectivity index (χ2n) is 4.21. The third kappa shape index (κ3) is 3.09. The summed E-state index contributed by atoms with van der Waals surface area (Å²) >= 11 is 0. The standard InChI is InChI=1S/C13H16N4O2/c1-2-8-17(9-10-6-4-3-5-7-10)13(18)11-12(14)16-19-15-11/h3-7H,2,8-9H2,1H3,(H2,14,16). The summed E-state index contributed by atoms with van der Waals surface area (Å²) in [4.78, 5) is 14.0. The van der Waals surface area contributed by atoms with Gasteiger partial charge in [0.1, 0.15) is 0 Å². The smallest absolute Gasteiger partial charge is 0.280 e. The third-order valence-electron chi connectivity index (χ3n) is 2.71. The number of carbonyl (C=O) groups is 1. The first-order valence-corrected chi connectivity index (χ1v) is 6.13. The van der Waals surface area contributed by atoms with Crippen molar-refractivity contribution >= 4 is 11.7 Å². The van der Waals surface area contributed by atoms with Gasteiger partial charge < -0.3 is 10.6 Å². The molecule has 0 bridgehead atoms. The number of nitrogen functional groups attached to an aromatic ring is 1. The van der Waals surface area contributed by atoms with E-state index in [0.29, 0.717) is 13.1 Å². The Labute approximate surface area is 111 Å². The summed E-state index contributed by atoms with van der Waals surface area (Å²) in [5.41, 5.74) is 6.68. The zero-order chi connectivity index (χ0) is 13.7. The molecule has 6 nitrogen and oxygen atoms in total. The van der Waals surface area contributed by atoms with Crippen LogP contribution in [-0.4, -0.2) is 27.7 Å². The maximum Gasteiger partial charge on any atom is 0.280 e. The summed E-state index contributed by atoms with van der Waals surface area (Å²) in [5.74, 6) is -0.233. The quantitative estimate of drug-likeness (QED) is 0.884. The van der Waals surface area contributed by atoms with Crippen molar-refractivity contribution in [3.8, 4) is 0 Å². The Morgan fingerprint density at radius 1 is 1.32 bits per heavy atom. The lowest BCUT2D eigenvalue weighted by Gasteiger charge is -2.21. The SMILES string of the molecule is CCCN(Cc1ccccc1)C(=O)c1nonc1N. The van der Waals surface area contributed by atoms with Gasteiger partial charge in [0.2, 0.25) is 11.5 Å². The molecule has 1 amide bonds. The van der Waals surface area contributed by atoms with E-state index >= 15 is 0 Å². The van der Waals surface area contributed by atoms with Crippen LogP contribution >= 0.6 is 0 Å². The molecule has 0 unspecified atom stereocenters. The number of rotatable bonds is 5. The van der Waals surface area contributed by atoms with Crippen molar-refractivity contribution in [1.29, 1.82) is 0 Å². The molecule has 2 rings (SSSR count). The van der Waals surface area contributed by atoms with Crippen LogP contribution in [-0.2, 0) is 6.54 Å². The van der Waals surface area contributed by atoms with E-state index in [4.69, 9.17) is 5.73 Å². The van der Waals surface area contributed by atoms with Crippen molar-refractivity contribution in [2.75, 3.05) is 12.3 Å². The first-order chi connectivity index (χ1) is 9.22. The molecule has 0 spiro atoms. The second-order valence-corrected chi connectivity index (χ2v) is 4.21. The van der Waals surface area contributed by atoms with Crippen molar-refractivity contribution < 1.29 is 9.42 Å². The van der Waals surface area contributed by atoms with Gasteiger partial charge in [0.05, 0.1) is 0 Å². The lowest BCUT2D eigenvalue weighted by molar-refractivity contribution is 0.0732. The van der Waals surface area contributed by atoms with Crippen LogP contribution in [0.2, 0.25) is 0 Å². The molecule has 2 N–H and O–H groups in total. The van der Waals surface area contributed by atoms with Gasteiger partial charge in [-0.1, -0.05) is 37.3 Å². The van der Waals surface area contributed by atoms with Gasteiger partial charge in [0.25, 0.3) is 5.91 Å². The second kappa shape index (κ2) is 5.99. The zero-order valence-corrected chi connectivity index (χ0v) is 10.7. The monoisotopic (exact) mass is 260 g/mol. The number of nitrogens with zero attached hydrogens (tertiary/aromatic N) is 3. The van der Waals surface area contributed by atoms with Gasteiger partial charge in [-0.05, 0) is 22.3 Å². The van der Waals surface area contributed by atoms with Crippen LogP contribution in [0.5, 0.6) is 0 Å². The van der Waals surface area contributed by atoms with Gasteiger partial charge in [-0.15, -0.1) is 0 Å². The Hall–Kier alpha value is -2.37. The van der Waals surface area contributed by atoms with Gasteiger partial charge in [-0.2, -0.15) is 0 Å². The summed E-state index contributed by atoms with van der Waals surface area (Å²) in [7, 11) is 0. The van der Waals surface area contributed by atoms with Crippen LogP contribution < -0.4 is 5.73 Å². The van der Waals surface area contributed by atoms with Gasteiger partial charge in [0, 0.05) is 13.1 Å². The van der Waals surface area contributed by atoms with E-state index < -0.39 is 0 Å². The van der Waals surface area contributed by atoms with Gasteiger partial charge in [-0.25, -0.2) is 4.63 Å². The molecule has 0 aliphatic carbocycles. The third-order valence-corrected chi connectivity index (χ3v) is 2.71. The molecule has 0 saturated carbocycles. The molecule has 6 heteroatoms. The fraction of sp³-hybridized carbons (Fsp3) is 0.308. The molecule has 1 heterocycles. The average Bonchev–Trinajstić information content (AvgIpc) is 2.85. The van der Waals surface area contributed by atoms with Crippen LogP contribution in [0.25, 0.3) is 0 Å². The largest absolute Gasteiger partial charge is 0.379 e. The highest BCUT2D eigenvalue weighted by Crippen LogP contribution is 2.12. The number of nitrogens with two attached hydrogens (primary N) is 1. The molecule has 0 fully saturated rings. The van der Waals surface area contributed by atoms with E-state index in [1.807, 2.05) is 37.3 Å². The topological polar surface area (TPSA) is 85.2 Å². The van der Waals surface area contributed by atoms with Crippen molar-refractivity contribution in [3.63, 3.8) is 0 Å². The molecule has 0 aliphatic rings. The van der Waals surface area contributed by atoms with E-state index in [1.54, 1.807) is 4.90 Å². The average molecular weight is 260 g/mol. The maximum atomic E-state index is 12.3. The van der Waals surface area contributed by atoms with Crippen LogP contribution in [0.3, 0.4) is 0 Å². The zero-order valence-electron chi connectivity index (χ0n) is 10.7. The molecule has 19 heavy (non-hydrogen) atoms. The predicted molar refractivity (Wildman–Crippen MR) is 70.2 cm³/mol. The Morgan fingerprint density at radius 2 is 2.05 bits per heavy atom. The summed E-state index contributed by atoms with van der Waals surface area (Å²) < 4.78 is 4.47. The lowest BCUT2D eigenvalue weighted by atomic mass is 10.2. The molecule has 0 atom stereocenters. The van der Waals surface area contributed by atoms with Crippen molar-refractivity contribution in [2.45, 2.75) is 19.9 Å². The highest BCUT2D eigenvalue weighted by Gasteiger charge is 2.22. The Morgan fingerprint density at radius 3 is 2.63 bits per heavy atom. The highest BCUT2D eigenvalue weighted by molar-refractivity contribution is 5.96. The maximum absolute atomic E-state index is 12.3. The van der Waals surface area contributed by atoms with Gasteiger partial charge >= 0.3 is 0 Å². The van der Waals surface area contributed by atoms with Crippen LogP contribution in [0.4, 0.5) is 5.82 Å². The van der Waals surface area contributed by atoms with Crippen molar-refractivity contribution in [2.24, 2.45) is 0 Å². The van der Waals surface area contributed by atoms with Crippen LogP contribution in [0, 0.1) is 0 Å². The summed E-state index contributed by atoms with van der Waals surface area (Å²) in [6.45, 7) is 3.15. The summed E-state index contributed by atoms with van der Waals surface area (Å²) in [6, 6.07) is 9.77. The Bertz CT molecular complexity index is 539. The van der Waals surface area contributed by atoms with Gasteiger partial charge in [0.15, 0.2) is 0 Å². The summed E-state index contributed by atoms with van der Waals surface area (Å²) in [6.07, 6.45) is 0.851.